The minimum atomic E-state index is 0. The Bertz CT molecular complexity index is 555. The van der Waals surface area contributed by atoms with Crippen LogP contribution >= 0.6 is 24.0 Å². The van der Waals surface area contributed by atoms with Crippen LogP contribution in [0.3, 0.4) is 0 Å². The molecule has 0 atom stereocenters. The van der Waals surface area contributed by atoms with E-state index in [1.165, 1.54) is 5.56 Å². The van der Waals surface area contributed by atoms with E-state index in [9.17, 15) is 0 Å². The smallest absolute Gasteiger partial charge is 0.124 e. The largest absolute Gasteiger partial charge is 0.492 e. The van der Waals surface area contributed by atoms with Gasteiger partial charge in [-0.15, -0.1) is 12.4 Å². The molecule has 4 heteroatoms. The molecule has 0 radical (unpaired) electrons. The number of hydrogen-bond acceptors (Lipinski definition) is 2. The van der Waals surface area contributed by atoms with E-state index >= 15 is 0 Å². The fourth-order valence-corrected chi connectivity index (χ4v) is 2.24. The van der Waals surface area contributed by atoms with Crippen LogP contribution in [0.25, 0.3) is 11.1 Å². The van der Waals surface area contributed by atoms with Gasteiger partial charge >= 0.3 is 0 Å². The van der Waals surface area contributed by atoms with Crippen molar-refractivity contribution in [3.63, 3.8) is 0 Å². The summed E-state index contributed by atoms with van der Waals surface area (Å²) in [4.78, 5) is 0. The van der Waals surface area contributed by atoms with Crippen molar-refractivity contribution in [2.24, 2.45) is 0 Å². The highest BCUT2D eigenvalue weighted by Gasteiger charge is 2.09. The molecule has 0 spiro atoms. The van der Waals surface area contributed by atoms with Crippen LogP contribution in [0.5, 0.6) is 5.75 Å². The Kier molecular flexibility index (Phi) is 4.70. The quantitative estimate of drug-likeness (QED) is 0.861. The molecule has 0 aromatic heterocycles. The fourth-order valence-electron chi connectivity index (χ4n) is 2.11. The number of benzene rings is 2. The van der Waals surface area contributed by atoms with Gasteiger partial charge in [0.1, 0.15) is 12.4 Å². The van der Waals surface area contributed by atoms with Gasteiger partial charge in [-0.1, -0.05) is 35.9 Å². The highest BCUT2D eigenvalue weighted by molar-refractivity contribution is 6.30. The molecule has 1 aliphatic heterocycles. The molecule has 0 unspecified atom stereocenters. The fraction of sp³-hybridized carbons (Fsp3) is 0.200. The summed E-state index contributed by atoms with van der Waals surface area (Å²) in [7, 11) is 0. The van der Waals surface area contributed by atoms with Crippen molar-refractivity contribution < 1.29 is 4.74 Å². The lowest BCUT2D eigenvalue weighted by Crippen LogP contribution is -2.16. The zero-order chi connectivity index (χ0) is 12.4. The van der Waals surface area contributed by atoms with Crippen LogP contribution in [0, 0.1) is 0 Å². The highest BCUT2D eigenvalue weighted by Crippen LogP contribution is 2.28. The summed E-state index contributed by atoms with van der Waals surface area (Å²) in [5.74, 6) is 0.979. The molecule has 0 bridgehead atoms. The molecule has 2 aromatic carbocycles. The average molecular weight is 296 g/mol. The average Bonchev–Trinajstić information content (AvgIpc) is 2.64. The Morgan fingerprint density at radius 1 is 1.00 bits per heavy atom. The molecule has 2 aromatic rings. The molecule has 3 rings (SSSR count). The normalized spacial score (nSPS) is 13.7. The first-order chi connectivity index (χ1) is 8.83. The van der Waals surface area contributed by atoms with E-state index in [2.05, 4.69) is 23.5 Å². The van der Waals surface area contributed by atoms with Crippen LogP contribution in [-0.2, 0) is 6.54 Å². The predicted octanol–water partition coefficient (Wildman–Crippen LogP) is 3.91. The zero-order valence-electron chi connectivity index (χ0n) is 10.4. The summed E-state index contributed by atoms with van der Waals surface area (Å²) in [6.07, 6.45) is 0. The third-order valence-corrected chi connectivity index (χ3v) is 3.35. The van der Waals surface area contributed by atoms with Crippen molar-refractivity contribution in [2.45, 2.75) is 6.54 Å². The summed E-state index contributed by atoms with van der Waals surface area (Å²) in [6, 6.07) is 14.2. The van der Waals surface area contributed by atoms with Gasteiger partial charge in [0.15, 0.2) is 0 Å². The van der Waals surface area contributed by atoms with Crippen molar-refractivity contribution in [3.05, 3.63) is 53.1 Å². The summed E-state index contributed by atoms with van der Waals surface area (Å²) in [5.41, 5.74) is 3.53. The number of halogens is 2. The second kappa shape index (κ2) is 6.29. The molecule has 1 aliphatic rings. The maximum absolute atomic E-state index is 5.90. The van der Waals surface area contributed by atoms with Gasteiger partial charge < -0.3 is 10.1 Å². The Hall–Kier alpha value is -1.22. The minimum absolute atomic E-state index is 0. The van der Waals surface area contributed by atoms with Gasteiger partial charge in [0, 0.05) is 23.7 Å². The first-order valence-electron chi connectivity index (χ1n) is 6.05. The second-order valence-corrected chi connectivity index (χ2v) is 4.79. The van der Waals surface area contributed by atoms with Crippen LogP contribution in [0.4, 0.5) is 0 Å². The van der Waals surface area contributed by atoms with E-state index in [0.29, 0.717) is 0 Å². The number of fused-ring (bicyclic) bond motifs is 1. The van der Waals surface area contributed by atoms with Crippen LogP contribution in [0.1, 0.15) is 5.56 Å². The van der Waals surface area contributed by atoms with E-state index in [1.54, 1.807) is 0 Å². The maximum Gasteiger partial charge on any atom is 0.124 e. The Labute approximate surface area is 124 Å². The van der Waals surface area contributed by atoms with Gasteiger partial charge in [0.2, 0.25) is 0 Å². The van der Waals surface area contributed by atoms with E-state index < -0.39 is 0 Å². The van der Waals surface area contributed by atoms with Crippen LogP contribution in [0.2, 0.25) is 5.02 Å². The van der Waals surface area contributed by atoms with Crippen LogP contribution < -0.4 is 10.1 Å². The molecule has 0 amide bonds. The minimum Gasteiger partial charge on any atom is -0.492 e. The number of nitrogens with one attached hydrogen (secondary N) is 1. The molecule has 0 fully saturated rings. The van der Waals surface area contributed by atoms with E-state index in [1.807, 2.05) is 24.3 Å². The Morgan fingerprint density at radius 3 is 2.53 bits per heavy atom. The highest BCUT2D eigenvalue weighted by atomic mass is 35.5. The van der Waals surface area contributed by atoms with Crippen LogP contribution in [-0.4, -0.2) is 13.2 Å². The van der Waals surface area contributed by atoms with Gasteiger partial charge in [-0.2, -0.15) is 0 Å². The lowest BCUT2D eigenvalue weighted by Gasteiger charge is -2.09. The molecule has 0 saturated heterocycles. The first-order valence-corrected chi connectivity index (χ1v) is 6.43. The molecule has 0 saturated carbocycles. The lowest BCUT2D eigenvalue weighted by molar-refractivity contribution is 0.326. The van der Waals surface area contributed by atoms with E-state index in [-0.39, 0.29) is 12.4 Å². The van der Waals surface area contributed by atoms with Crippen molar-refractivity contribution in [2.75, 3.05) is 13.2 Å². The zero-order valence-corrected chi connectivity index (χ0v) is 11.9. The van der Waals surface area contributed by atoms with Gasteiger partial charge in [-0.25, -0.2) is 0 Å². The van der Waals surface area contributed by atoms with Gasteiger partial charge in [0.25, 0.3) is 0 Å². The summed E-state index contributed by atoms with van der Waals surface area (Å²) < 4.78 is 5.75. The van der Waals surface area contributed by atoms with Crippen molar-refractivity contribution in [1.29, 1.82) is 0 Å². The summed E-state index contributed by atoms with van der Waals surface area (Å²) in [6.45, 7) is 2.48. The van der Waals surface area contributed by atoms with Crippen molar-refractivity contribution >= 4 is 24.0 Å². The molecular weight excluding hydrogens is 281 g/mol. The third kappa shape index (κ3) is 3.21. The summed E-state index contributed by atoms with van der Waals surface area (Å²) >= 11 is 5.90. The number of hydrogen-bond donors (Lipinski definition) is 1. The van der Waals surface area contributed by atoms with Gasteiger partial charge in [-0.3, -0.25) is 0 Å². The maximum atomic E-state index is 5.90. The van der Waals surface area contributed by atoms with Gasteiger partial charge in [0.05, 0.1) is 0 Å². The SMILES string of the molecule is Cl.Clc1ccc(-c2ccc3c(c2)OCCNC3)cc1. The molecule has 1 heterocycles. The van der Waals surface area contributed by atoms with E-state index in [4.69, 9.17) is 16.3 Å². The van der Waals surface area contributed by atoms with Crippen molar-refractivity contribution in [3.8, 4) is 16.9 Å². The Balaban J connectivity index is 0.00000133. The second-order valence-electron chi connectivity index (χ2n) is 4.35. The molecule has 100 valence electrons. The summed E-state index contributed by atoms with van der Waals surface area (Å²) in [5, 5.41) is 4.09. The monoisotopic (exact) mass is 295 g/mol. The third-order valence-electron chi connectivity index (χ3n) is 3.10. The predicted molar refractivity (Wildman–Crippen MR) is 81.3 cm³/mol. The van der Waals surface area contributed by atoms with Crippen molar-refractivity contribution in [1.82, 2.24) is 5.32 Å². The molecule has 1 N–H and O–H groups in total. The lowest BCUT2D eigenvalue weighted by atomic mass is 10.0. The standard InChI is InChI=1S/C15H14ClNO.ClH/c16-14-5-3-11(4-6-14)12-1-2-13-10-17-7-8-18-15(13)9-12;/h1-6,9,17H,7-8,10H2;1H. The molecule has 0 aliphatic carbocycles. The number of ether oxygens (including phenoxy) is 1. The van der Waals surface area contributed by atoms with Crippen LogP contribution in [0.15, 0.2) is 42.5 Å². The molecule has 2 nitrogen and oxygen atoms in total. The van der Waals surface area contributed by atoms with Gasteiger partial charge in [-0.05, 0) is 29.3 Å². The molecular formula is C15H15Cl2NO. The topological polar surface area (TPSA) is 21.3 Å². The molecule has 19 heavy (non-hydrogen) atoms. The number of rotatable bonds is 1. The first kappa shape index (κ1) is 14.2. The van der Waals surface area contributed by atoms with E-state index in [0.717, 1.165) is 41.6 Å². The Morgan fingerprint density at radius 2 is 1.74 bits per heavy atom.